The van der Waals surface area contributed by atoms with Gasteiger partial charge in [-0.3, -0.25) is 4.79 Å². The number of hydrogen-bond donors (Lipinski definition) is 1. The zero-order chi connectivity index (χ0) is 18.9. The molecule has 1 saturated carbocycles. The summed E-state index contributed by atoms with van der Waals surface area (Å²) in [4.78, 5) is 11.6. The van der Waals surface area contributed by atoms with Crippen LogP contribution in [0.2, 0.25) is 0 Å². The minimum absolute atomic E-state index is 0.206. The Kier molecular flexibility index (Phi) is 4.54. The maximum absolute atomic E-state index is 11.6. The molecule has 1 aliphatic carbocycles. The fourth-order valence-electron chi connectivity index (χ4n) is 3.54. The highest BCUT2D eigenvalue weighted by Gasteiger charge is 2.37. The molecule has 1 aromatic heterocycles. The van der Waals surface area contributed by atoms with E-state index in [2.05, 4.69) is 0 Å². The molecule has 0 radical (unpaired) electrons. The lowest BCUT2D eigenvalue weighted by molar-refractivity contribution is -0.125. The lowest BCUT2D eigenvalue weighted by atomic mass is 9.82. The highest BCUT2D eigenvalue weighted by molar-refractivity contribution is 5.79. The van der Waals surface area contributed by atoms with Gasteiger partial charge in [-0.2, -0.15) is 5.10 Å². The predicted octanol–water partition coefficient (Wildman–Crippen LogP) is 3.88. The fourth-order valence-corrected chi connectivity index (χ4v) is 3.54. The van der Waals surface area contributed by atoms with Crippen molar-refractivity contribution in [1.82, 2.24) is 9.78 Å². The van der Waals surface area contributed by atoms with Crippen molar-refractivity contribution in [2.75, 3.05) is 7.11 Å². The molecule has 1 N–H and O–H groups in total. The molecule has 0 saturated heterocycles. The van der Waals surface area contributed by atoms with Crippen LogP contribution < -0.4 is 4.74 Å². The summed E-state index contributed by atoms with van der Waals surface area (Å²) < 4.78 is 7.10. The molecule has 1 heterocycles. The van der Waals surface area contributed by atoms with Gasteiger partial charge in [0, 0.05) is 18.4 Å². The van der Waals surface area contributed by atoms with Crippen LogP contribution >= 0.6 is 0 Å². The van der Waals surface area contributed by atoms with Crippen LogP contribution in [0.3, 0.4) is 0 Å². The van der Waals surface area contributed by atoms with E-state index in [1.807, 2.05) is 65.3 Å². The van der Waals surface area contributed by atoms with E-state index in [4.69, 9.17) is 9.84 Å². The standard InChI is InChI=1S/C22H22N2O3/c1-27-19-9-7-16(8-10-19)20-15-21(22(26)13-11-18(25)12-14-22)23-24(20)17-5-3-2-4-6-17/h2-10,15,26H,11-14H2,1H3. The van der Waals surface area contributed by atoms with Gasteiger partial charge in [0.15, 0.2) is 0 Å². The molecule has 5 nitrogen and oxygen atoms in total. The molecule has 0 unspecified atom stereocenters. The number of carbonyl (C=O) groups excluding carboxylic acids is 1. The monoisotopic (exact) mass is 362 g/mol. The number of nitrogens with zero attached hydrogens (tertiary/aromatic N) is 2. The SMILES string of the molecule is COc1ccc(-c2cc(C3(O)CCC(=O)CC3)nn2-c2ccccc2)cc1. The second-order valence-corrected chi connectivity index (χ2v) is 6.96. The molecule has 4 rings (SSSR count). The Morgan fingerprint density at radius 3 is 2.33 bits per heavy atom. The largest absolute Gasteiger partial charge is 0.497 e. The molecule has 138 valence electrons. The van der Waals surface area contributed by atoms with Crippen molar-refractivity contribution < 1.29 is 14.6 Å². The number of methoxy groups -OCH3 is 1. The second-order valence-electron chi connectivity index (χ2n) is 6.96. The van der Waals surface area contributed by atoms with Gasteiger partial charge in [-0.05, 0) is 55.3 Å². The van der Waals surface area contributed by atoms with E-state index in [9.17, 15) is 9.90 Å². The molecular formula is C22H22N2O3. The number of carbonyl (C=O) groups is 1. The molecule has 0 amide bonds. The van der Waals surface area contributed by atoms with Crippen LogP contribution in [0.25, 0.3) is 16.9 Å². The first-order valence-electron chi connectivity index (χ1n) is 9.13. The Morgan fingerprint density at radius 2 is 1.70 bits per heavy atom. The molecule has 0 bridgehead atoms. The number of aliphatic hydroxyl groups is 1. The average molecular weight is 362 g/mol. The van der Waals surface area contributed by atoms with Gasteiger partial charge in [0.05, 0.1) is 24.2 Å². The molecule has 3 aromatic rings. The fraction of sp³-hybridized carbons (Fsp3) is 0.273. The number of benzene rings is 2. The molecule has 0 spiro atoms. The lowest BCUT2D eigenvalue weighted by Crippen LogP contribution is -2.32. The van der Waals surface area contributed by atoms with Crippen molar-refractivity contribution in [3.05, 3.63) is 66.4 Å². The van der Waals surface area contributed by atoms with Gasteiger partial charge in [0.25, 0.3) is 0 Å². The molecule has 0 aliphatic heterocycles. The summed E-state index contributed by atoms with van der Waals surface area (Å²) in [6.45, 7) is 0. The number of hydrogen-bond acceptors (Lipinski definition) is 4. The summed E-state index contributed by atoms with van der Waals surface area (Å²) in [5.41, 5.74) is 2.35. The zero-order valence-electron chi connectivity index (χ0n) is 15.3. The molecule has 1 fully saturated rings. The van der Waals surface area contributed by atoms with E-state index >= 15 is 0 Å². The van der Waals surface area contributed by atoms with Gasteiger partial charge >= 0.3 is 0 Å². The summed E-state index contributed by atoms with van der Waals surface area (Å²) >= 11 is 0. The van der Waals surface area contributed by atoms with Gasteiger partial charge in [-0.25, -0.2) is 4.68 Å². The number of para-hydroxylation sites is 1. The van der Waals surface area contributed by atoms with Crippen molar-refractivity contribution in [1.29, 1.82) is 0 Å². The zero-order valence-corrected chi connectivity index (χ0v) is 15.3. The first-order valence-corrected chi connectivity index (χ1v) is 9.13. The topological polar surface area (TPSA) is 64.3 Å². The third kappa shape index (κ3) is 3.38. The molecular weight excluding hydrogens is 340 g/mol. The normalized spacial score (nSPS) is 16.3. The van der Waals surface area contributed by atoms with E-state index in [1.165, 1.54) is 0 Å². The van der Waals surface area contributed by atoms with Crippen LogP contribution in [-0.2, 0) is 10.4 Å². The lowest BCUT2D eigenvalue weighted by Gasteiger charge is -2.29. The third-order valence-corrected chi connectivity index (χ3v) is 5.21. The van der Waals surface area contributed by atoms with E-state index in [-0.39, 0.29) is 5.78 Å². The van der Waals surface area contributed by atoms with Crippen molar-refractivity contribution >= 4 is 5.78 Å². The van der Waals surface area contributed by atoms with Gasteiger partial charge in [0.2, 0.25) is 0 Å². The second kappa shape index (κ2) is 7.00. The average Bonchev–Trinajstić information content (AvgIpc) is 3.17. The molecule has 2 aromatic carbocycles. The van der Waals surface area contributed by atoms with Gasteiger partial charge in [-0.15, -0.1) is 0 Å². The van der Waals surface area contributed by atoms with E-state index in [1.54, 1.807) is 7.11 Å². The highest BCUT2D eigenvalue weighted by Crippen LogP contribution is 2.37. The predicted molar refractivity (Wildman–Crippen MR) is 103 cm³/mol. The smallest absolute Gasteiger partial charge is 0.133 e. The van der Waals surface area contributed by atoms with Crippen LogP contribution in [0.1, 0.15) is 31.4 Å². The van der Waals surface area contributed by atoms with Gasteiger partial charge in [0.1, 0.15) is 17.1 Å². The van der Waals surface area contributed by atoms with Gasteiger partial charge < -0.3 is 9.84 Å². The van der Waals surface area contributed by atoms with Crippen LogP contribution in [0.4, 0.5) is 0 Å². The molecule has 27 heavy (non-hydrogen) atoms. The van der Waals surface area contributed by atoms with E-state index in [0.29, 0.717) is 31.4 Å². The summed E-state index contributed by atoms with van der Waals surface area (Å²) in [5.74, 6) is 0.992. The maximum Gasteiger partial charge on any atom is 0.133 e. The maximum atomic E-state index is 11.6. The highest BCUT2D eigenvalue weighted by atomic mass is 16.5. The van der Waals surface area contributed by atoms with Crippen molar-refractivity contribution in [2.24, 2.45) is 0 Å². The first kappa shape index (κ1) is 17.5. The number of ether oxygens (including phenoxy) is 1. The van der Waals surface area contributed by atoms with Crippen molar-refractivity contribution in [3.8, 4) is 22.7 Å². The Bertz CT molecular complexity index is 935. The number of Topliss-reactive ketones (excluding diaryl/α,β-unsaturated/α-hetero) is 1. The Morgan fingerprint density at radius 1 is 1.04 bits per heavy atom. The van der Waals surface area contributed by atoms with Crippen LogP contribution in [0.15, 0.2) is 60.7 Å². The third-order valence-electron chi connectivity index (χ3n) is 5.21. The van der Waals surface area contributed by atoms with E-state index in [0.717, 1.165) is 22.7 Å². The van der Waals surface area contributed by atoms with Crippen LogP contribution in [0, 0.1) is 0 Å². The molecule has 0 atom stereocenters. The number of ketones is 1. The van der Waals surface area contributed by atoms with Crippen molar-refractivity contribution in [2.45, 2.75) is 31.3 Å². The van der Waals surface area contributed by atoms with Crippen molar-refractivity contribution in [3.63, 3.8) is 0 Å². The quantitative estimate of drug-likeness (QED) is 0.765. The number of aromatic nitrogens is 2. The van der Waals surface area contributed by atoms with Crippen LogP contribution in [0.5, 0.6) is 5.75 Å². The summed E-state index contributed by atoms with van der Waals surface area (Å²) in [7, 11) is 1.64. The number of rotatable bonds is 4. The summed E-state index contributed by atoms with van der Waals surface area (Å²) in [6, 6.07) is 19.6. The minimum Gasteiger partial charge on any atom is -0.497 e. The van der Waals surface area contributed by atoms with E-state index < -0.39 is 5.60 Å². The Hall–Kier alpha value is -2.92. The summed E-state index contributed by atoms with van der Waals surface area (Å²) in [6.07, 6.45) is 1.62. The van der Waals surface area contributed by atoms with Gasteiger partial charge in [-0.1, -0.05) is 18.2 Å². The Balaban J connectivity index is 1.81. The minimum atomic E-state index is -1.06. The first-order chi connectivity index (χ1) is 13.1. The molecule has 1 aliphatic rings. The summed E-state index contributed by atoms with van der Waals surface area (Å²) in [5, 5.41) is 15.9. The van der Waals surface area contributed by atoms with Crippen LogP contribution in [-0.4, -0.2) is 27.8 Å². The molecule has 5 heteroatoms. The Labute approximate surface area is 158 Å².